The molecule has 0 radical (unpaired) electrons. The van der Waals surface area contributed by atoms with Crippen LogP contribution in [-0.2, 0) is 24.3 Å². The van der Waals surface area contributed by atoms with Crippen LogP contribution in [0.4, 0.5) is 0 Å². The minimum Gasteiger partial charge on any atom is -0.349 e. The fraction of sp³-hybridized carbons (Fsp3) is 0.133. The van der Waals surface area contributed by atoms with Crippen molar-refractivity contribution < 1.29 is 4.79 Å². The number of carbonyl (C=O) groups excluding carboxylic acids is 1. The summed E-state index contributed by atoms with van der Waals surface area (Å²) in [5.74, 6) is 0.846. The fourth-order valence-corrected chi connectivity index (χ4v) is 4.27. The second kappa shape index (κ2) is 9.75. The molecule has 5 rings (SSSR count). The highest BCUT2D eigenvalue weighted by molar-refractivity contribution is 5.79. The molecule has 0 aliphatic heterocycles. The van der Waals surface area contributed by atoms with Crippen LogP contribution in [0.1, 0.15) is 22.5 Å². The highest BCUT2D eigenvalue weighted by atomic mass is 16.1. The van der Waals surface area contributed by atoms with E-state index in [9.17, 15) is 4.79 Å². The van der Waals surface area contributed by atoms with Gasteiger partial charge in [0.15, 0.2) is 0 Å². The number of rotatable bonds is 7. The zero-order chi connectivity index (χ0) is 23.3. The fourth-order valence-electron chi connectivity index (χ4n) is 4.27. The van der Waals surface area contributed by atoms with Gasteiger partial charge in [0.25, 0.3) is 0 Å². The van der Waals surface area contributed by atoms with Gasteiger partial charge in [0.05, 0.1) is 24.0 Å². The predicted octanol–water partition coefficient (Wildman–Crippen LogP) is 5.92. The maximum absolute atomic E-state index is 12.7. The quantitative estimate of drug-likeness (QED) is 0.338. The van der Waals surface area contributed by atoms with E-state index < -0.39 is 0 Å². The summed E-state index contributed by atoms with van der Waals surface area (Å²) in [6.45, 7) is 3.24. The highest BCUT2D eigenvalue weighted by Crippen LogP contribution is 2.21. The molecule has 0 aliphatic rings. The van der Waals surface area contributed by atoms with Gasteiger partial charge < -0.3 is 9.88 Å². The van der Waals surface area contributed by atoms with Crippen molar-refractivity contribution in [3.63, 3.8) is 0 Å². The molecule has 0 aliphatic carbocycles. The van der Waals surface area contributed by atoms with Crippen LogP contribution in [0, 0.1) is 6.92 Å². The van der Waals surface area contributed by atoms with Crippen molar-refractivity contribution in [2.24, 2.45) is 0 Å². The van der Waals surface area contributed by atoms with Crippen LogP contribution >= 0.6 is 0 Å². The maximum atomic E-state index is 12.7. The molecular formula is C30H27N3O. The van der Waals surface area contributed by atoms with Gasteiger partial charge in [-0.2, -0.15) is 0 Å². The lowest BCUT2D eigenvalue weighted by atomic mass is 10.0. The van der Waals surface area contributed by atoms with Crippen molar-refractivity contribution in [1.29, 1.82) is 0 Å². The van der Waals surface area contributed by atoms with Crippen LogP contribution in [0.3, 0.4) is 0 Å². The smallest absolute Gasteiger partial charge is 0.224 e. The van der Waals surface area contributed by atoms with Gasteiger partial charge in [-0.05, 0) is 46.9 Å². The lowest BCUT2D eigenvalue weighted by molar-refractivity contribution is -0.120. The molecule has 4 nitrogen and oxygen atoms in total. The molecular weight excluding hydrogens is 418 g/mol. The molecule has 4 heteroatoms. The Hall–Kier alpha value is -4.18. The average molecular weight is 446 g/mol. The van der Waals surface area contributed by atoms with Gasteiger partial charge in [0, 0.05) is 6.54 Å². The largest absolute Gasteiger partial charge is 0.349 e. The predicted molar refractivity (Wildman–Crippen MR) is 137 cm³/mol. The summed E-state index contributed by atoms with van der Waals surface area (Å²) in [6.07, 6.45) is 0.340. The minimum atomic E-state index is -0.0121. The number of nitrogens with zero attached hydrogens (tertiary/aromatic N) is 2. The number of hydrogen-bond acceptors (Lipinski definition) is 2. The first-order valence-corrected chi connectivity index (χ1v) is 11.6. The number of nitrogens with one attached hydrogen (secondary N) is 1. The SMILES string of the molecule is Cc1ccccc1Cn1c(CNC(=O)Cc2ccc(-c3ccccc3)cc2)nc2ccccc21. The summed E-state index contributed by atoms with van der Waals surface area (Å²) in [7, 11) is 0. The summed E-state index contributed by atoms with van der Waals surface area (Å²) < 4.78 is 2.20. The number of amides is 1. The number of imidazole rings is 1. The standard InChI is InChI=1S/C30H27N3O/c1-22-9-5-6-12-26(22)21-33-28-14-8-7-13-27(28)32-29(33)20-31-30(34)19-23-15-17-25(18-16-23)24-10-3-2-4-11-24/h2-18H,19-21H2,1H3,(H,31,34). The van der Waals surface area contributed by atoms with Crippen molar-refractivity contribution in [2.75, 3.05) is 0 Å². The highest BCUT2D eigenvalue weighted by Gasteiger charge is 2.13. The Morgan fingerprint density at radius 2 is 1.47 bits per heavy atom. The normalized spacial score (nSPS) is 11.0. The van der Waals surface area contributed by atoms with E-state index in [1.807, 2.05) is 48.5 Å². The van der Waals surface area contributed by atoms with E-state index in [0.717, 1.165) is 34.5 Å². The molecule has 5 aromatic rings. The molecule has 0 saturated carbocycles. The number of hydrogen-bond donors (Lipinski definition) is 1. The summed E-state index contributed by atoms with van der Waals surface area (Å²) in [6, 6.07) is 34.9. The van der Waals surface area contributed by atoms with E-state index in [-0.39, 0.29) is 5.91 Å². The van der Waals surface area contributed by atoms with Gasteiger partial charge in [0.1, 0.15) is 5.82 Å². The van der Waals surface area contributed by atoms with Crippen LogP contribution in [0.2, 0.25) is 0 Å². The molecule has 1 heterocycles. The summed E-state index contributed by atoms with van der Waals surface area (Å²) in [4.78, 5) is 17.5. The second-order valence-corrected chi connectivity index (χ2v) is 8.55. The number of aromatic nitrogens is 2. The minimum absolute atomic E-state index is 0.0121. The zero-order valence-electron chi connectivity index (χ0n) is 19.2. The van der Waals surface area contributed by atoms with E-state index >= 15 is 0 Å². The number of aryl methyl sites for hydroxylation is 1. The third kappa shape index (κ3) is 4.76. The first-order chi connectivity index (χ1) is 16.7. The second-order valence-electron chi connectivity index (χ2n) is 8.55. The van der Waals surface area contributed by atoms with Crippen molar-refractivity contribution in [1.82, 2.24) is 14.9 Å². The van der Waals surface area contributed by atoms with Crippen molar-refractivity contribution >= 4 is 16.9 Å². The topological polar surface area (TPSA) is 46.9 Å². The van der Waals surface area contributed by atoms with E-state index in [4.69, 9.17) is 4.98 Å². The summed E-state index contributed by atoms with van der Waals surface area (Å²) in [5.41, 5.74) is 7.82. The molecule has 1 aromatic heterocycles. The molecule has 34 heavy (non-hydrogen) atoms. The van der Waals surface area contributed by atoms with Crippen molar-refractivity contribution in [3.05, 3.63) is 126 Å². The van der Waals surface area contributed by atoms with Crippen LogP contribution < -0.4 is 5.32 Å². The van der Waals surface area contributed by atoms with E-state index in [1.54, 1.807) is 0 Å². The Morgan fingerprint density at radius 3 is 2.26 bits per heavy atom. The average Bonchev–Trinajstić information content (AvgIpc) is 3.22. The first kappa shape index (κ1) is 21.7. The van der Waals surface area contributed by atoms with E-state index in [0.29, 0.717) is 13.0 Å². The molecule has 168 valence electrons. The zero-order valence-corrected chi connectivity index (χ0v) is 19.2. The number of fused-ring (bicyclic) bond motifs is 1. The molecule has 0 spiro atoms. The van der Waals surface area contributed by atoms with Gasteiger partial charge >= 0.3 is 0 Å². The monoisotopic (exact) mass is 445 g/mol. The summed E-state index contributed by atoms with van der Waals surface area (Å²) in [5, 5.41) is 3.07. The Morgan fingerprint density at radius 1 is 0.794 bits per heavy atom. The Bertz CT molecular complexity index is 1420. The van der Waals surface area contributed by atoms with E-state index in [2.05, 4.69) is 71.4 Å². The number of para-hydroxylation sites is 2. The Kier molecular flexibility index (Phi) is 6.21. The molecule has 0 saturated heterocycles. The molecule has 1 amide bonds. The molecule has 0 atom stereocenters. The molecule has 0 bridgehead atoms. The molecule has 0 unspecified atom stereocenters. The number of carbonyl (C=O) groups is 1. The van der Waals surface area contributed by atoms with Gasteiger partial charge in [0.2, 0.25) is 5.91 Å². The summed E-state index contributed by atoms with van der Waals surface area (Å²) >= 11 is 0. The van der Waals surface area contributed by atoms with E-state index in [1.165, 1.54) is 16.7 Å². The third-order valence-electron chi connectivity index (χ3n) is 6.19. The number of benzene rings is 4. The van der Waals surface area contributed by atoms with Crippen LogP contribution in [0.5, 0.6) is 0 Å². The van der Waals surface area contributed by atoms with Gasteiger partial charge in [-0.15, -0.1) is 0 Å². The Balaban J connectivity index is 1.29. The maximum Gasteiger partial charge on any atom is 0.224 e. The lowest BCUT2D eigenvalue weighted by Crippen LogP contribution is -2.26. The lowest BCUT2D eigenvalue weighted by Gasteiger charge is -2.12. The van der Waals surface area contributed by atoms with Gasteiger partial charge in [-0.1, -0.05) is 91.0 Å². The third-order valence-corrected chi connectivity index (χ3v) is 6.19. The van der Waals surface area contributed by atoms with Crippen LogP contribution in [0.25, 0.3) is 22.2 Å². The van der Waals surface area contributed by atoms with Crippen LogP contribution in [-0.4, -0.2) is 15.5 Å². The van der Waals surface area contributed by atoms with Crippen molar-refractivity contribution in [2.45, 2.75) is 26.4 Å². The van der Waals surface area contributed by atoms with Crippen LogP contribution in [0.15, 0.2) is 103 Å². The Labute approximate surface area is 199 Å². The molecule has 0 fully saturated rings. The van der Waals surface area contributed by atoms with Gasteiger partial charge in [-0.25, -0.2) is 4.98 Å². The molecule has 4 aromatic carbocycles. The molecule has 1 N–H and O–H groups in total. The van der Waals surface area contributed by atoms with Crippen molar-refractivity contribution in [3.8, 4) is 11.1 Å². The first-order valence-electron chi connectivity index (χ1n) is 11.6. The van der Waals surface area contributed by atoms with Gasteiger partial charge in [-0.3, -0.25) is 4.79 Å².